The molecule has 3 aliphatic rings. The zero-order valence-electron chi connectivity index (χ0n) is 12.1. The second-order valence-electron chi connectivity index (χ2n) is 5.41. The van der Waals surface area contributed by atoms with Crippen LogP contribution in [0.4, 0.5) is 5.69 Å². The van der Waals surface area contributed by atoms with Crippen molar-refractivity contribution in [1.29, 1.82) is 0 Å². The summed E-state index contributed by atoms with van der Waals surface area (Å²) >= 11 is 0. The molecule has 1 aromatic rings. The number of nitrogens with one attached hydrogen (secondary N) is 1. The molecule has 0 amide bonds. The zero-order chi connectivity index (χ0) is 14.9. The van der Waals surface area contributed by atoms with Crippen molar-refractivity contribution >= 4 is 5.69 Å². The molecule has 22 heavy (non-hydrogen) atoms. The topological polar surface area (TPSA) is 66.2 Å². The normalized spacial score (nSPS) is 15.4. The van der Waals surface area contributed by atoms with Crippen LogP contribution in [0.1, 0.15) is 0 Å². The minimum absolute atomic E-state index is 0.476. The molecular formula is C16H17N5O. The van der Waals surface area contributed by atoms with Crippen molar-refractivity contribution in [1.82, 2.24) is 20.0 Å². The van der Waals surface area contributed by atoms with Gasteiger partial charge in [-0.3, -0.25) is 4.98 Å². The van der Waals surface area contributed by atoms with E-state index in [2.05, 4.69) is 44.5 Å². The van der Waals surface area contributed by atoms with Crippen LogP contribution in [0.2, 0.25) is 0 Å². The summed E-state index contributed by atoms with van der Waals surface area (Å²) in [6, 6.07) is 10.3. The molecule has 0 spiro atoms. The zero-order valence-corrected chi connectivity index (χ0v) is 12.1. The Hall–Kier alpha value is -2.60. The van der Waals surface area contributed by atoms with Gasteiger partial charge < -0.3 is 15.4 Å². The molecule has 4 rings (SSSR count). The molecule has 112 valence electrons. The van der Waals surface area contributed by atoms with Crippen molar-refractivity contribution in [2.24, 2.45) is 0 Å². The molecule has 0 bridgehead atoms. The third-order valence-electron chi connectivity index (χ3n) is 4.01. The smallest absolute Gasteiger partial charge is 0.194 e. The Morgan fingerprint density at radius 3 is 2.55 bits per heavy atom. The van der Waals surface area contributed by atoms with Crippen LogP contribution in [-0.2, 0) is 0 Å². The Morgan fingerprint density at radius 2 is 1.82 bits per heavy atom. The Labute approximate surface area is 128 Å². The number of benzene rings is 1. The van der Waals surface area contributed by atoms with E-state index in [0.717, 1.165) is 42.2 Å². The molecule has 0 aliphatic carbocycles. The van der Waals surface area contributed by atoms with Gasteiger partial charge >= 0.3 is 0 Å². The first-order chi connectivity index (χ1) is 10.8. The lowest BCUT2D eigenvalue weighted by Gasteiger charge is -2.29. The van der Waals surface area contributed by atoms with E-state index in [9.17, 15) is 5.21 Å². The van der Waals surface area contributed by atoms with Gasteiger partial charge in [0.25, 0.3) is 0 Å². The maximum atomic E-state index is 9.75. The molecule has 0 radical (unpaired) electrons. The highest BCUT2D eigenvalue weighted by Crippen LogP contribution is 2.28. The lowest BCUT2D eigenvalue weighted by molar-refractivity contribution is 0.186. The van der Waals surface area contributed by atoms with Crippen LogP contribution < -0.4 is 10.2 Å². The van der Waals surface area contributed by atoms with E-state index >= 15 is 0 Å². The Bertz CT molecular complexity index is 746. The summed E-state index contributed by atoms with van der Waals surface area (Å²) in [4.78, 5) is 11.0. The van der Waals surface area contributed by atoms with Gasteiger partial charge in [0.05, 0.1) is 11.9 Å². The third-order valence-corrected chi connectivity index (χ3v) is 4.01. The average molecular weight is 295 g/mol. The number of anilines is 1. The number of rotatable bonds is 2. The van der Waals surface area contributed by atoms with E-state index in [4.69, 9.17) is 0 Å². The van der Waals surface area contributed by atoms with Crippen LogP contribution in [0, 0.1) is 0 Å². The predicted molar refractivity (Wildman–Crippen MR) is 84.3 cm³/mol. The number of aromatic nitrogens is 3. The van der Waals surface area contributed by atoms with Gasteiger partial charge in [-0.25, -0.2) is 4.98 Å². The number of hydrogen-bond acceptors (Lipinski definition) is 5. The fraction of sp³-hybridized carbons (Fsp3) is 0.250. The second-order valence-corrected chi connectivity index (χ2v) is 5.41. The molecule has 3 aliphatic heterocycles. The fourth-order valence-corrected chi connectivity index (χ4v) is 2.82. The fourth-order valence-electron chi connectivity index (χ4n) is 2.82. The number of hydrogen-bond donors (Lipinski definition) is 2. The van der Waals surface area contributed by atoms with Gasteiger partial charge in [-0.2, -0.15) is 4.73 Å². The number of nitrogens with zero attached hydrogens (tertiary/aromatic N) is 4. The summed E-state index contributed by atoms with van der Waals surface area (Å²) in [5, 5.41) is 13.1. The summed E-state index contributed by atoms with van der Waals surface area (Å²) < 4.78 is 1.00. The molecule has 1 saturated heterocycles. The molecule has 0 atom stereocenters. The molecule has 6 heteroatoms. The predicted octanol–water partition coefficient (Wildman–Crippen LogP) is 1.70. The Morgan fingerprint density at radius 1 is 1.05 bits per heavy atom. The number of fused-ring (bicyclic) bond motifs is 1. The lowest BCUT2D eigenvalue weighted by atomic mass is 10.1. The first-order valence-corrected chi connectivity index (χ1v) is 7.41. The average Bonchev–Trinajstić information content (AvgIpc) is 3.02. The minimum Gasteiger partial charge on any atom is -0.427 e. The molecule has 6 nitrogen and oxygen atoms in total. The van der Waals surface area contributed by atoms with Crippen molar-refractivity contribution in [2.45, 2.75) is 0 Å². The van der Waals surface area contributed by atoms with E-state index in [-0.39, 0.29) is 0 Å². The monoisotopic (exact) mass is 295 g/mol. The van der Waals surface area contributed by atoms with Crippen LogP contribution >= 0.6 is 0 Å². The SMILES string of the molecule is On1ccnc2cc(-c3ccc(N4CCNCC4)cc3)nc1-2. The molecule has 0 aromatic heterocycles. The van der Waals surface area contributed by atoms with Gasteiger partial charge in [0.15, 0.2) is 5.82 Å². The molecule has 2 N–H and O–H groups in total. The van der Waals surface area contributed by atoms with Gasteiger partial charge in [-0.15, -0.1) is 0 Å². The first kappa shape index (κ1) is 13.1. The van der Waals surface area contributed by atoms with Crippen LogP contribution in [-0.4, -0.2) is 46.1 Å². The second kappa shape index (κ2) is 5.31. The van der Waals surface area contributed by atoms with Crippen LogP contribution in [0.15, 0.2) is 42.7 Å². The van der Waals surface area contributed by atoms with Crippen molar-refractivity contribution in [3.8, 4) is 22.8 Å². The Kier molecular flexibility index (Phi) is 3.16. The molecule has 0 unspecified atom stereocenters. The largest absolute Gasteiger partial charge is 0.427 e. The highest BCUT2D eigenvalue weighted by Gasteiger charge is 2.15. The summed E-state index contributed by atoms with van der Waals surface area (Å²) in [5.74, 6) is 0.476. The van der Waals surface area contributed by atoms with E-state index in [1.807, 2.05) is 6.07 Å². The molecule has 0 saturated carbocycles. The molecule has 3 heterocycles. The lowest BCUT2D eigenvalue weighted by Crippen LogP contribution is -2.43. The summed E-state index contributed by atoms with van der Waals surface area (Å²) in [6.07, 6.45) is 3.04. The number of piperazine rings is 1. The van der Waals surface area contributed by atoms with Crippen LogP contribution in [0.5, 0.6) is 0 Å². The highest BCUT2D eigenvalue weighted by atomic mass is 16.5. The first-order valence-electron chi connectivity index (χ1n) is 7.41. The van der Waals surface area contributed by atoms with Crippen molar-refractivity contribution in [2.75, 3.05) is 31.1 Å². The van der Waals surface area contributed by atoms with Crippen molar-refractivity contribution in [3.63, 3.8) is 0 Å². The van der Waals surface area contributed by atoms with Crippen molar-refractivity contribution in [3.05, 3.63) is 42.7 Å². The van der Waals surface area contributed by atoms with Gasteiger partial charge in [0, 0.05) is 43.6 Å². The van der Waals surface area contributed by atoms with E-state index in [0.29, 0.717) is 11.5 Å². The van der Waals surface area contributed by atoms with E-state index < -0.39 is 0 Å². The summed E-state index contributed by atoms with van der Waals surface area (Å²) in [5.41, 5.74) is 3.77. The molecule has 1 fully saturated rings. The van der Waals surface area contributed by atoms with Gasteiger partial charge in [0.2, 0.25) is 0 Å². The third kappa shape index (κ3) is 2.27. The van der Waals surface area contributed by atoms with Gasteiger partial charge in [-0.05, 0) is 18.2 Å². The maximum Gasteiger partial charge on any atom is 0.194 e. The highest BCUT2D eigenvalue weighted by molar-refractivity contribution is 5.70. The minimum atomic E-state index is 0.476. The van der Waals surface area contributed by atoms with E-state index in [1.54, 1.807) is 6.20 Å². The van der Waals surface area contributed by atoms with Crippen LogP contribution in [0.3, 0.4) is 0 Å². The Balaban J connectivity index is 1.64. The molecule has 1 aromatic carbocycles. The quantitative estimate of drug-likeness (QED) is 0.704. The maximum absolute atomic E-state index is 9.75. The van der Waals surface area contributed by atoms with Crippen molar-refractivity contribution < 1.29 is 5.21 Å². The van der Waals surface area contributed by atoms with Crippen LogP contribution in [0.25, 0.3) is 22.8 Å². The standard InChI is InChI=1S/C16H17N5O/c22-21-10-7-18-15-11-14(19-16(15)21)12-1-3-13(4-2-12)20-8-5-17-6-9-20/h1-4,7,10-11,17,22H,5-6,8-9H2. The van der Waals surface area contributed by atoms with E-state index in [1.165, 1.54) is 11.9 Å². The van der Waals surface area contributed by atoms with Gasteiger partial charge in [0.1, 0.15) is 5.69 Å². The summed E-state index contributed by atoms with van der Waals surface area (Å²) in [6.45, 7) is 4.12. The molecular weight excluding hydrogens is 278 g/mol. The summed E-state index contributed by atoms with van der Waals surface area (Å²) in [7, 11) is 0. The van der Waals surface area contributed by atoms with Gasteiger partial charge in [-0.1, -0.05) is 12.1 Å².